The number of rotatable bonds is 5. The third kappa shape index (κ3) is 4.93. The molecule has 0 saturated carbocycles. The van der Waals surface area contributed by atoms with Crippen molar-refractivity contribution >= 4 is 76.8 Å². The summed E-state index contributed by atoms with van der Waals surface area (Å²) in [6.45, 7) is 0. The van der Waals surface area contributed by atoms with Gasteiger partial charge in [-0.3, -0.25) is 0 Å². The number of anilines is 2. The summed E-state index contributed by atoms with van der Waals surface area (Å²) in [5.74, 6) is 0.271. The number of nitrogens with zero attached hydrogens (tertiary/aromatic N) is 4. The highest BCUT2D eigenvalue weighted by Crippen LogP contribution is 2.51. The summed E-state index contributed by atoms with van der Waals surface area (Å²) in [7, 11) is 0. The van der Waals surface area contributed by atoms with Gasteiger partial charge in [-0.15, -0.1) is 0 Å². The molecule has 0 N–H and O–H groups in total. The lowest BCUT2D eigenvalue weighted by atomic mass is 9.90. The van der Waals surface area contributed by atoms with Gasteiger partial charge in [0.2, 0.25) is 0 Å². The Labute approximate surface area is 370 Å². The van der Waals surface area contributed by atoms with Gasteiger partial charge in [-0.05, 0) is 84.4 Å². The molecule has 300 valence electrons. The van der Waals surface area contributed by atoms with Crippen molar-refractivity contribution in [2.24, 2.45) is 0 Å². The Bertz CT molecular complexity index is 3920. The van der Waals surface area contributed by atoms with E-state index in [4.69, 9.17) is 0 Å². The highest BCUT2D eigenvalue weighted by atomic mass is 15.2. The van der Waals surface area contributed by atoms with Crippen LogP contribution in [0.15, 0.2) is 231 Å². The van der Waals surface area contributed by atoms with E-state index in [1.165, 1.54) is 93.5 Å². The molecule has 64 heavy (non-hydrogen) atoms. The molecule has 4 heterocycles. The van der Waals surface area contributed by atoms with Crippen LogP contribution in [0.4, 0.5) is 11.4 Å². The van der Waals surface area contributed by atoms with E-state index in [1.807, 2.05) is 0 Å². The first-order valence-corrected chi connectivity index (χ1v) is 22.3. The number of fused-ring (bicyclic) bond motifs is 12. The lowest BCUT2D eigenvalue weighted by Crippen LogP contribution is -2.28. The molecule has 0 spiro atoms. The Morgan fingerprint density at radius 2 is 0.750 bits per heavy atom. The Hall–Kier alpha value is -8.34. The van der Waals surface area contributed by atoms with Crippen LogP contribution in [0.3, 0.4) is 0 Å². The van der Waals surface area contributed by atoms with Crippen LogP contribution in [0.5, 0.6) is 0 Å². The van der Waals surface area contributed by atoms with Gasteiger partial charge in [-0.1, -0.05) is 152 Å². The van der Waals surface area contributed by atoms with E-state index in [1.54, 1.807) is 0 Å². The van der Waals surface area contributed by atoms with E-state index < -0.39 is 0 Å². The Balaban J connectivity index is 1.03. The summed E-state index contributed by atoms with van der Waals surface area (Å²) in [5.41, 5.74) is 16.8. The third-order valence-electron chi connectivity index (χ3n) is 13.9. The molecule has 0 radical (unpaired) electrons. The van der Waals surface area contributed by atoms with Crippen molar-refractivity contribution in [3.63, 3.8) is 0 Å². The molecule has 0 amide bonds. The minimum atomic E-state index is 0.217. The molecule has 0 bridgehead atoms. The topological polar surface area (TPSA) is 18.0 Å². The fraction of sp³-hybridized carbons (Fsp3) is 0.0333. The van der Waals surface area contributed by atoms with E-state index in [9.17, 15) is 0 Å². The number of hydrogen-bond acceptors (Lipinski definition) is 1. The van der Waals surface area contributed by atoms with Crippen molar-refractivity contribution in [2.75, 3.05) is 4.90 Å². The standard InChI is InChI=1S/C60H40N4/c1-3-19-39(20-4-1)61-51-29-13-9-25-43(51)47-35-49-45-27-11-17-33-55(45)63(59(49)37-57(47)61)53-31-15-7-23-41(53)42-24-8-16-32-54(42)64-56-34-18-12-28-46(56)50-36-48-44-26-10-14-30-52(44)62(58(48)38-60(50)64)40-21-5-2-6-22-40/h1-38,43,51H. The minimum Gasteiger partial charge on any atom is -0.333 e. The Morgan fingerprint density at radius 1 is 0.297 bits per heavy atom. The first kappa shape index (κ1) is 35.3. The highest BCUT2D eigenvalue weighted by molar-refractivity contribution is 6.19. The molecule has 9 aromatic carbocycles. The second-order valence-electron chi connectivity index (χ2n) is 17.2. The summed E-state index contributed by atoms with van der Waals surface area (Å²) in [6, 6.07) is 76.3. The van der Waals surface area contributed by atoms with Gasteiger partial charge in [0.25, 0.3) is 0 Å². The number of para-hydroxylation sites is 7. The average molecular weight is 817 g/mol. The van der Waals surface area contributed by atoms with Gasteiger partial charge in [-0.2, -0.15) is 0 Å². The van der Waals surface area contributed by atoms with Crippen LogP contribution >= 0.6 is 0 Å². The van der Waals surface area contributed by atoms with E-state index in [-0.39, 0.29) is 12.0 Å². The van der Waals surface area contributed by atoms with Crippen LogP contribution in [0.1, 0.15) is 11.5 Å². The van der Waals surface area contributed by atoms with Gasteiger partial charge < -0.3 is 18.6 Å². The minimum absolute atomic E-state index is 0.217. The smallest absolute Gasteiger partial charge is 0.0629 e. The molecule has 1 aliphatic carbocycles. The summed E-state index contributed by atoms with van der Waals surface area (Å²) >= 11 is 0. The molecule has 12 aromatic rings. The monoisotopic (exact) mass is 816 g/mol. The molecule has 3 aromatic heterocycles. The van der Waals surface area contributed by atoms with Gasteiger partial charge in [0.15, 0.2) is 0 Å². The molecular formula is C60H40N4. The summed E-state index contributed by atoms with van der Waals surface area (Å²) in [4.78, 5) is 2.54. The number of aromatic nitrogens is 3. The lowest BCUT2D eigenvalue weighted by molar-refractivity contribution is 0.745. The predicted octanol–water partition coefficient (Wildman–Crippen LogP) is 15.4. The molecule has 14 rings (SSSR count). The number of hydrogen-bond donors (Lipinski definition) is 0. The quantitative estimate of drug-likeness (QED) is 0.169. The molecule has 4 heteroatoms. The second-order valence-corrected chi connectivity index (χ2v) is 17.2. The lowest BCUT2D eigenvalue weighted by Gasteiger charge is -2.28. The van der Waals surface area contributed by atoms with Crippen molar-refractivity contribution in [2.45, 2.75) is 12.0 Å². The van der Waals surface area contributed by atoms with Gasteiger partial charge in [0.1, 0.15) is 0 Å². The average Bonchev–Trinajstić information content (AvgIpc) is 4.07. The third-order valence-corrected chi connectivity index (χ3v) is 13.9. The zero-order valence-corrected chi connectivity index (χ0v) is 34.9. The summed E-state index contributed by atoms with van der Waals surface area (Å²) in [6.07, 6.45) is 9.16. The fourth-order valence-electron chi connectivity index (χ4n) is 11.3. The van der Waals surface area contributed by atoms with Crippen LogP contribution in [-0.4, -0.2) is 19.7 Å². The maximum atomic E-state index is 2.54. The first-order chi connectivity index (χ1) is 31.8. The Kier molecular flexibility index (Phi) is 7.48. The maximum Gasteiger partial charge on any atom is 0.0629 e. The molecule has 0 saturated heterocycles. The van der Waals surface area contributed by atoms with E-state index in [0.717, 1.165) is 17.1 Å². The molecular weight excluding hydrogens is 777 g/mol. The van der Waals surface area contributed by atoms with E-state index >= 15 is 0 Å². The summed E-state index contributed by atoms with van der Waals surface area (Å²) in [5, 5.41) is 7.52. The number of allylic oxidation sites excluding steroid dienone is 2. The molecule has 2 atom stereocenters. The normalized spacial score (nSPS) is 15.7. The van der Waals surface area contributed by atoms with Crippen molar-refractivity contribution in [1.82, 2.24) is 13.7 Å². The zero-order valence-electron chi connectivity index (χ0n) is 34.9. The summed E-state index contributed by atoms with van der Waals surface area (Å²) < 4.78 is 7.44. The molecule has 2 aliphatic rings. The molecule has 0 fully saturated rings. The van der Waals surface area contributed by atoms with Crippen LogP contribution in [-0.2, 0) is 0 Å². The van der Waals surface area contributed by atoms with E-state index in [2.05, 4.69) is 249 Å². The highest BCUT2D eigenvalue weighted by Gasteiger charge is 2.38. The zero-order chi connectivity index (χ0) is 41.9. The van der Waals surface area contributed by atoms with Gasteiger partial charge >= 0.3 is 0 Å². The number of benzene rings is 9. The SMILES string of the molecule is C1=CC2c3cc4c5ccccc5n(-c5ccccc5-c5ccccc5-n5c6ccccc6c6cc7c8ccccc8n(-c8ccccc8)c7cc65)c4cc3N(c3ccccc3)C2C=C1. The molecule has 1 aliphatic heterocycles. The van der Waals surface area contributed by atoms with Crippen molar-refractivity contribution in [3.05, 3.63) is 236 Å². The molecule has 4 nitrogen and oxygen atoms in total. The van der Waals surface area contributed by atoms with Crippen molar-refractivity contribution in [3.8, 4) is 28.2 Å². The van der Waals surface area contributed by atoms with Crippen LogP contribution in [0.25, 0.3) is 93.6 Å². The second kappa shape index (κ2) is 13.6. The van der Waals surface area contributed by atoms with Crippen LogP contribution < -0.4 is 4.90 Å². The van der Waals surface area contributed by atoms with Crippen molar-refractivity contribution < 1.29 is 0 Å². The van der Waals surface area contributed by atoms with Gasteiger partial charge in [-0.25, -0.2) is 0 Å². The fourth-order valence-corrected chi connectivity index (χ4v) is 11.3. The molecule has 2 unspecified atom stereocenters. The van der Waals surface area contributed by atoms with Gasteiger partial charge in [0.05, 0.1) is 50.5 Å². The largest absolute Gasteiger partial charge is 0.333 e. The van der Waals surface area contributed by atoms with E-state index in [0.29, 0.717) is 0 Å². The first-order valence-electron chi connectivity index (χ1n) is 22.3. The van der Waals surface area contributed by atoms with Crippen molar-refractivity contribution in [1.29, 1.82) is 0 Å². The Morgan fingerprint density at radius 3 is 1.36 bits per heavy atom. The van der Waals surface area contributed by atoms with Gasteiger partial charge in [0, 0.05) is 66.4 Å². The maximum absolute atomic E-state index is 2.54. The van der Waals surface area contributed by atoms with Crippen LogP contribution in [0.2, 0.25) is 0 Å². The predicted molar refractivity (Wildman–Crippen MR) is 268 cm³/mol. The van der Waals surface area contributed by atoms with Crippen LogP contribution in [0, 0.1) is 0 Å².